The fraction of sp³-hybridized carbons (Fsp3) is 0.0800. The van der Waals surface area contributed by atoms with E-state index in [1.54, 1.807) is 30.3 Å². The number of hydrogen-bond donors (Lipinski definition) is 1. The minimum Gasteiger partial charge on any atom is -0.420 e. The Morgan fingerprint density at radius 1 is 0.871 bits per heavy atom. The van der Waals surface area contributed by atoms with E-state index in [1.807, 2.05) is 73.7 Å². The van der Waals surface area contributed by atoms with Crippen LogP contribution in [-0.2, 0) is 16.4 Å². The molecule has 0 saturated carbocycles. The normalized spacial score (nSPS) is 11.6. The first kappa shape index (κ1) is 20.6. The SMILES string of the molecule is Cc1ccc(S(=O)(=O)c2nc(/C=C/c3ccccc3)oc2NCc2ccccc2)cc1. The van der Waals surface area contributed by atoms with Gasteiger partial charge in [-0.15, -0.1) is 0 Å². The summed E-state index contributed by atoms with van der Waals surface area (Å²) in [5, 5.41) is 2.97. The number of aromatic nitrogens is 1. The van der Waals surface area contributed by atoms with Crippen molar-refractivity contribution in [2.75, 3.05) is 5.32 Å². The van der Waals surface area contributed by atoms with Gasteiger partial charge in [0.2, 0.25) is 26.6 Å². The predicted molar refractivity (Wildman–Crippen MR) is 122 cm³/mol. The van der Waals surface area contributed by atoms with E-state index in [9.17, 15) is 8.42 Å². The lowest BCUT2D eigenvalue weighted by Gasteiger charge is -2.06. The molecule has 0 amide bonds. The maximum absolute atomic E-state index is 13.3. The van der Waals surface area contributed by atoms with Gasteiger partial charge in [0.15, 0.2) is 0 Å². The van der Waals surface area contributed by atoms with Crippen LogP contribution in [0.25, 0.3) is 12.2 Å². The highest BCUT2D eigenvalue weighted by atomic mass is 32.2. The Hall–Kier alpha value is -3.64. The summed E-state index contributed by atoms with van der Waals surface area (Å²) in [7, 11) is -3.85. The molecule has 6 heteroatoms. The van der Waals surface area contributed by atoms with Gasteiger partial charge < -0.3 is 9.73 Å². The molecule has 0 spiro atoms. The quantitative estimate of drug-likeness (QED) is 0.413. The van der Waals surface area contributed by atoms with E-state index in [0.29, 0.717) is 6.54 Å². The van der Waals surface area contributed by atoms with E-state index in [4.69, 9.17) is 4.42 Å². The lowest BCUT2D eigenvalue weighted by Crippen LogP contribution is -2.07. The Morgan fingerprint density at radius 2 is 1.52 bits per heavy atom. The third-order valence-electron chi connectivity index (χ3n) is 4.71. The van der Waals surface area contributed by atoms with Crippen molar-refractivity contribution in [3.05, 3.63) is 108 Å². The summed E-state index contributed by atoms with van der Waals surface area (Å²) in [6.45, 7) is 2.32. The van der Waals surface area contributed by atoms with Crippen LogP contribution < -0.4 is 5.32 Å². The van der Waals surface area contributed by atoms with Gasteiger partial charge in [0.05, 0.1) is 4.90 Å². The van der Waals surface area contributed by atoms with Crippen molar-refractivity contribution in [3.63, 3.8) is 0 Å². The molecule has 1 heterocycles. The molecule has 0 aliphatic heterocycles. The number of oxazole rings is 1. The van der Waals surface area contributed by atoms with Gasteiger partial charge in [0.25, 0.3) is 0 Å². The number of hydrogen-bond acceptors (Lipinski definition) is 5. The summed E-state index contributed by atoms with van der Waals surface area (Å²) in [4.78, 5) is 4.48. The molecule has 0 atom stereocenters. The number of sulfone groups is 1. The summed E-state index contributed by atoms with van der Waals surface area (Å²) in [5.41, 5.74) is 2.94. The highest BCUT2D eigenvalue weighted by Gasteiger charge is 2.27. The van der Waals surface area contributed by atoms with Gasteiger partial charge in [-0.2, -0.15) is 4.98 Å². The van der Waals surface area contributed by atoms with Crippen molar-refractivity contribution in [2.24, 2.45) is 0 Å². The molecule has 0 radical (unpaired) electrons. The molecule has 0 fully saturated rings. The maximum atomic E-state index is 13.3. The lowest BCUT2D eigenvalue weighted by atomic mass is 10.2. The van der Waals surface area contributed by atoms with Crippen molar-refractivity contribution in [3.8, 4) is 0 Å². The summed E-state index contributed by atoms with van der Waals surface area (Å²) in [5.74, 6) is 0.335. The second-order valence-electron chi connectivity index (χ2n) is 7.09. The summed E-state index contributed by atoms with van der Waals surface area (Å²) < 4.78 is 32.4. The highest BCUT2D eigenvalue weighted by molar-refractivity contribution is 7.91. The molecule has 4 aromatic rings. The predicted octanol–water partition coefficient (Wildman–Crippen LogP) is 5.60. The molecule has 0 unspecified atom stereocenters. The second-order valence-corrected chi connectivity index (χ2v) is 8.95. The molecule has 0 saturated heterocycles. The Morgan fingerprint density at radius 3 is 2.19 bits per heavy atom. The molecule has 5 nitrogen and oxygen atoms in total. The minimum absolute atomic E-state index is 0.122. The molecule has 0 aliphatic rings. The average molecular weight is 431 g/mol. The fourth-order valence-electron chi connectivity index (χ4n) is 3.03. The number of anilines is 1. The monoisotopic (exact) mass is 430 g/mol. The van der Waals surface area contributed by atoms with Gasteiger partial charge in [-0.25, -0.2) is 8.42 Å². The van der Waals surface area contributed by atoms with Crippen molar-refractivity contribution in [1.82, 2.24) is 4.98 Å². The van der Waals surface area contributed by atoms with Crippen molar-refractivity contribution in [2.45, 2.75) is 23.4 Å². The minimum atomic E-state index is -3.85. The first-order chi connectivity index (χ1) is 15.0. The summed E-state index contributed by atoms with van der Waals surface area (Å²) >= 11 is 0. The van der Waals surface area contributed by atoms with Crippen LogP contribution in [0.15, 0.2) is 99.3 Å². The lowest BCUT2D eigenvalue weighted by molar-refractivity contribution is 0.554. The van der Waals surface area contributed by atoms with Crippen LogP contribution in [0.1, 0.15) is 22.6 Å². The second kappa shape index (κ2) is 9.02. The number of benzene rings is 3. The maximum Gasteiger partial charge on any atom is 0.234 e. The van der Waals surface area contributed by atoms with Crippen LogP contribution in [0.2, 0.25) is 0 Å². The smallest absolute Gasteiger partial charge is 0.234 e. The Bertz CT molecular complexity index is 1280. The van der Waals surface area contributed by atoms with Gasteiger partial charge in [-0.05, 0) is 36.3 Å². The molecule has 1 N–H and O–H groups in total. The Balaban J connectivity index is 1.69. The molecular weight excluding hydrogens is 408 g/mol. The molecule has 1 aromatic heterocycles. The average Bonchev–Trinajstić information content (AvgIpc) is 3.22. The zero-order chi connectivity index (χ0) is 21.7. The van der Waals surface area contributed by atoms with Crippen LogP contribution in [0.3, 0.4) is 0 Å². The zero-order valence-corrected chi connectivity index (χ0v) is 17.8. The van der Waals surface area contributed by atoms with Gasteiger partial charge in [-0.3, -0.25) is 0 Å². The largest absolute Gasteiger partial charge is 0.420 e. The van der Waals surface area contributed by atoms with Crippen LogP contribution in [0, 0.1) is 6.92 Å². The van der Waals surface area contributed by atoms with Crippen LogP contribution in [0.4, 0.5) is 5.88 Å². The number of aryl methyl sites for hydroxylation is 1. The van der Waals surface area contributed by atoms with Crippen LogP contribution in [0.5, 0.6) is 0 Å². The third-order valence-corrected chi connectivity index (χ3v) is 6.39. The zero-order valence-electron chi connectivity index (χ0n) is 17.0. The molecular formula is C25H22N2O3S. The van der Waals surface area contributed by atoms with Crippen molar-refractivity contribution >= 4 is 27.9 Å². The summed E-state index contributed by atoms with van der Waals surface area (Å²) in [6, 6.07) is 26.0. The summed E-state index contributed by atoms with van der Waals surface area (Å²) in [6.07, 6.45) is 3.49. The number of nitrogens with one attached hydrogen (secondary N) is 1. The van der Waals surface area contributed by atoms with E-state index < -0.39 is 9.84 Å². The highest BCUT2D eigenvalue weighted by Crippen LogP contribution is 2.29. The van der Waals surface area contributed by atoms with E-state index in [-0.39, 0.29) is 21.7 Å². The fourth-order valence-corrected chi connectivity index (χ4v) is 4.31. The van der Waals surface area contributed by atoms with E-state index in [0.717, 1.165) is 16.7 Å². The van der Waals surface area contributed by atoms with Crippen molar-refractivity contribution < 1.29 is 12.8 Å². The van der Waals surface area contributed by atoms with Crippen LogP contribution >= 0.6 is 0 Å². The first-order valence-electron chi connectivity index (χ1n) is 9.86. The van der Waals surface area contributed by atoms with Gasteiger partial charge in [0, 0.05) is 12.6 Å². The third kappa shape index (κ3) is 4.92. The van der Waals surface area contributed by atoms with Gasteiger partial charge >= 0.3 is 0 Å². The van der Waals surface area contributed by atoms with E-state index in [2.05, 4.69) is 10.3 Å². The molecule has 0 bridgehead atoms. The van der Waals surface area contributed by atoms with Gasteiger partial charge in [0.1, 0.15) is 0 Å². The number of nitrogens with zero attached hydrogens (tertiary/aromatic N) is 1. The molecule has 156 valence electrons. The molecule has 0 aliphatic carbocycles. The Kier molecular flexibility index (Phi) is 6.00. The Labute approximate surface area is 182 Å². The number of rotatable bonds is 7. The molecule has 3 aromatic carbocycles. The van der Waals surface area contributed by atoms with E-state index in [1.165, 1.54) is 0 Å². The first-order valence-corrected chi connectivity index (χ1v) is 11.3. The molecule has 31 heavy (non-hydrogen) atoms. The van der Waals surface area contributed by atoms with Crippen molar-refractivity contribution in [1.29, 1.82) is 0 Å². The topological polar surface area (TPSA) is 72.2 Å². The van der Waals surface area contributed by atoms with Crippen LogP contribution in [-0.4, -0.2) is 13.4 Å². The van der Waals surface area contributed by atoms with E-state index >= 15 is 0 Å². The standard InChI is InChI=1S/C25H22N2O3S/c1-19-12-15-22(16-13-19)31(28,29)25-24(26-18-21-10-6-3-7-11-21)30-23(27-25)17-14-20-8-4-2-5-9-20/h2-17,26H,18H2,1H3/b17-14+. The van der Waals surface area contributed by atoms with Gasteiger partial charge in [-0.1, -0.05) is 78.4 Å². The molecule has 4 rings (SSSR count).